The Morgan fingerprint density at radius 3 is 2.92 bits per heavy atom. The van der Waals surface area contributed by atoms with Crippen molar-refractivity contribution in [2.24, 2.45) is 11.3 Å². The Kier molecular flexibility index (Phi) is 5.13. The molecule has 3 aliphatic heterocycles. The van der Waals surface area contributed by atoms with Crippen LogP contribution < -0.4 is 0 Å². The van der Waals surface area contributed by atoms with Crippen molar-refractivity contribution in [3.05, 3.63) is 65.5 Å². The number of carboxylic acids is 1. The molecule has 6 nitrogen and oxygen atoms in total. The van der Waals surface area contributed by atoms with Crippen molar-refractivity contribution in [1.29, 1.82) is 0 Å². The summed E-state index contributed by atoms with van der Waals surface area (Å²) in [4.78, 5) is 18.4. The second-order valence-corrected chi connectivity index (χ2v) is 13.5. The molecule has 2 saturated carbocycles. The fourth-order valence-corrected chi connectivity index (χ4v) is 10.0. The molecule has 3 aliphatic carbocycles. The first-order valence-electron chi connectivity index (χ1n) is 14.9. The monoisotopic (exact) mass is 526 g/mol. The molecule has 39 heavy (non-hydrogen) atoms. The highest BCUT2D eigenvalue weighted by Gasteiger charge is 2.67. The van der Waals surface area contributed by atoms with E-state index in [1.54, 1.807) is 0 Å². The van der Waals surface area contributed by atoms with E-state index in [0.717, 1.165) is 38.5 Å². The number of carbonyl (C=O) groups is 1. The summed E-state index contributed by atoms with van der Waals surface area (Å²) in [6.45, 7) is 2.96. The Labute approximate surface area is 229 Å². The number of benzene rings is 1. The number of pyridine rings is 1. The zero-order valence-corrected chi connectivity index (χ0v) is 22.7. The molecule has 2 aromatic rings. The number of β-amino-alcohol motifs (C(OH)–C–C–N with tert-alkyl or cyclic N) is 1. The molecule has 204 valence electrons. The van der Waals surface area contributed by atoms with Crippen LogP contribution in [0.5, 0.6) is 0 Å². The molecule has 4 fully saturated rings. The van der Waals surface area contributed by atoms with Crippen molar-refractivity contribution in [1.82, 2.24) is 9.88 Å². The minimum atomic E-state index is -0.812. The van der Waals surface area contributed by atoms with Crippen molar-refractivity contribution in [3.8, 4) is 0 Å². The third kappa shape index (κ3) is 3.31. The molecule has 6 heteroatoms. The van der Waals surface area contributed by atoms with Crippen LogP contribution in [0.2, 0.25) is 0 Å². The number of carboxylic acid groups (broad SMARTS) is 1. The van der Waals surface area contributed by atoms with Crippen LogP contribution in [0.25, 0.3) is 10.8 Å². The molecule has 0 amide bonds. The lowest BCUT2D eigenvalue weighted by Crippen LogP contribution is -2.56. The van der Waals surface area contributed by atoms with Gasteiger partial charge in [0.2, 0.25) is 0 Å². The number of nitrogens with zero attached hydrogens (tertiary/aromatic N) is 2. The van der Waals surface area contributed by atoms with Crippen molar-refractivity contribution < 1.29 is 19.7 Å². The van der Waals surface area contributed by atoms with E-state index in [9.17, 15) is 15.0 Å². The second kappa shape index (κ2) is 8.25. The van der Waals surface area contributed by atoms with Crippen molar-refractivity contribution in [2.45, 2.75) is 100 Å². The normalized spacial score (nSPS) is 43.0. The van der Waals surface area contributed by atoms with Gasteiger partial charge in [0, 0.05) is 36.8 Å². The van der Waals surface area contributed by atoms with Crippen molar-refractivity contribution >= 4 is 16.7 Å². The summed E-state index contributed by atoms with van der Waals surface area (Å²) in [7, 11) is 0. The largest absolute Gasteiger partial charge is 0.480 e. The molecule has 1 aromatic carbocycles. The predicted molar refractivity (Wildman–Crippen MR) is 148 cm³/mol. The van der Waals surface area contributed by atoms with Gasteiger partial charge in [-0.15, -0.1) is 0 Å². The van der Waals surface area contributed by atoms with Crippen LogP contribution in [-0.4, -0.2) is 62.0 Å². The molecular weight excluding hydrogens is 488 g/mol. The van der Waals surface area contributed by atoms with Gasteiger partial charge in [0.15, 0.2) is 0 Å². The summed E-state index contributed by atoms with van der Waals surface area (Å²) in [6, 6.07) is 8.59. The molecule has 8 atom stereocenters. The molecule has 2 saturated heterocycles. The number of aliphatic hydroxyl groups is 1. The van der Waals surface area contributed by atoms with Gasteiger partial charge in [0.25, 0.3) is 0 Å². The standard InChI is InChI=1S/C33H38N2O4/c1-31-10-8-24-15-23-4-5-25(35-19-26(36)16-28(35)30(37)38)17-32(23)11-12-33(24,39-32)29(31)7-6-27(31)21-3-2-20-9-13-34-18-22(20)14-21/h2-3,8-9,13-15,18,25-29,36H,4-7,10-12,16-17,19H2,1H3,(H,37,38)/t25-,26+,27+,28-,29+,31+,32+,33?/m0/s1. The Balaban J connectivity index is 1.12. The molecule has 8 rings (SSSR count). The van der Waals surface area contributed by atoms with Gasteiger partial charge in [-0.1, -0.05) is 31.2 Å². The molecule has 2 spiro atoms. The van der Waals surface area contributed by atoms with E-state index in [1.807, 2.05) is 12.4 Å². The Hall–Kier alpha value is -2.54. The van der Waals surface area contributed by atoms with Gasteiger partial charge in [0.1, 0.15) is 6.04 Å². The fraction of sp³-hybridized carbons (Fsp3) is 0.576. The summed E-state index contributed by atoms with van der Waals surface area (Å²) in [5, 5.41) is 22.6. The number of aromatic nitrogens is 1. The minimum absolute atomic E-state index is 0.137. The quantitative estimate of drug-likeness (QED) is 0.560. The lowest BCUT2D eigenvalue weighted by atomic mass is 9.58. The minimum Gasteiger partial charge on any atom is -0.480 e. The molecule has 1 aromatic heterocycles. The number of allylic oxidation sites excluding steroid dienone is 1. The zero-order valence-electron chi connectivity index (χ0n) is 22.7. The number of hydrogen-bond acceptors (Lipinski definition) is 5. The van der Waals surface area contributed by atoms with E-state index in [4.69, 9.17) is 4.74 Å². The third-order valence-corrected chi connectivity index (χ3v) is 11.8. The molecule has 2 N–H and O–H groups in total. The summed E-state index contributed by atoms with van der Waals surface area (Å²) in [6.07, 6.45) is 16.8. The molecule has 4 heterocycles. The third-order valence-electron chi connectivity index (χ3n) is 11.8. The Bertz CT molecular complexity index is 1430. The van der Waals surface area contributed by atoms with Crippen LogP contribution in [0.3, 0.4) is 0 Å². The number of likely N-dealkylation sites (tertiary alicyclic amines) is 1. The first-order chi connectivity index (χ1) is 18.8. The SMILES string of the molecule is C[C@]12CC=C3C=C4CC[C@H](N5C[C@H](O)C[C@H]5C(=O)O)C[C@]45CCC3(O5)[C@@H]1CC[C@@H]2c1ccc2ccncc2c1. The highest BCUT2D eigenvalue weighted by atomic mass is 16.5. The Morgan fingerprint density at radius 1 is 1.15 bits per heavy atom. The highest BCUT2D eigenvalue weighted by Crippen LogP contribution is 2.69. The van der Waals surface area contributed by atoms with Crippen LogP contribution in [0.4, 0.5) is 0 Å². The second-order valence-electron chi connectivity index (χ2n) is 13.5. The first kappa shape index (κ1) is 24.3. The van der Waals surface area contributed by atoms with E-state index >= 15 is 0 Å². The number of hydrogen-bond donors (Lipinski definition) is 2. The molecule has 0 radical (unpaired) electrons. The number of fused-ring (bicyclic) bond motifs is 2. The summed E-state index contributed by atoms with van der Waals surface area (Å²) < 4.78 is 7.44. The van der Waals surface area contributed by atoms with Crippen molar-refractivity contribution in [2.75, 3.05) is 6.54 Å². The lowest BCUT2D eigenvalue weighted by Gasteiger charge is -2.55. The van der Waals surface area contributed by atoms with Gasteiger partial charge in [0.05, 0.1) is 17.3 Å². The molecular formula is C33H38N2O4. The van der Waals surface area contributed by atoms with E-state index in [-0.39, 0.29) is 22.7 Å². The van der Waals surface area contributed by atoms with Crippen LogP contribution in [0.1, 0.15) is 76.2 Å². The van der Waals surface area contributed by atoms with Crippen molar-refractivity contribution in [3.63, 3.8) is 0 Å². The van der Waals surface area contributed by atoms with E-state index in [1.165, 1.54) is 40.3 Å². The van der Waals surface area contributed by atoms with Crippen LogP contribution in [0, 0.1) is 11.3 Å². The molecule has 6 aliphatic rings. The fourth-order valence-electron chi connectivity index (χ4n) is 10.0. The van der Waals surface area contributed by atoms with E-state index < -0.39 is 18.1 Å². The van der Waals surface area contributed by atoms with Gasteiger partial charge in [-0.3, -0.25) is 14.7 Å². The lowest BCUT2D eigenvalue weighted by molar-refractivity contribution is -0.150. The smallest absolute Gasteiger partial charge is 0.321 e. The maximum absolute atomic E-state index is 12.0. The van der Waals surface area contributed by atoms with Gasteiger partial charge in [-0.2, -0.15) is 0 Å². The number of aliphatic hydroxyl groups excluding tert-OH is 1. The van der Waals surface area contributed by atoms with Gasteiger partial charge < -0.3 is 14.9 Å². The molecule has 1 unspecified atom stereocenters. The summed E-state index contributed by atoms with van der Waals surface area (Å²) in [5.41, 5.74) is 3.88. The van der Waals surface area contributed by atoms with Gasteiger partial charge >= 0.3 is 5.97 Å². The van der Waals surface area contributed by atoms with E-state index in [2.05, 4.69) is 53.2 Å². The van der Waals surface area contributed by atoms with Gasteiger partial charge in [-0.05, 0) is 103 Å². The maximum Gasteiger partial charge on any atom is 0.321 e. The topological polar surface area (TPSA) is 82.9 Å². The average molecular weight is 527 g/mol. The number of rotatable bonds is 3. The highest BCUT2D eigenvalue weighted by molar-refractivity contribution is 5.82. The van der Waals surface area contributed by atoms with Crippen LogP contribution >= 0.6 is 0 Å². The number of ether oxygens (including phenoxy) is 1. The summed E-state index contributed by atoms with van der Waals surface area (Å²) >= 11 is 0. The Morgan fingerprint density at radius 2 is 2.05 bits per heavy atom. The predicted octanol–water partition coefficient (Wildman–Crippen LogP) is 5.37. The molecule has 2 bridgehead atoms. The zero-order chi connectivity index (χ0) is 26.6. The first-order valence-corrected chi connectivity index (χ1v) is 14.9. The van der Waals surface area contributed by atoms with E-state index in [0.29, 0.717) is 24.8 Å². The van der Waals surface area contributed by atoms with Crippen LogP contribution in [0.15, 0.2) is 60.0 Å². The van der Waals surface area contributed by atoms with Gasteiger partial charge in [-0.25, -0.2) is 0 Å². The maximum atomic E-state index is 12.0. The number of aliphatic carboxylic acids is 1. The average Bonchev–Trinajstić information content (AvgIpc) is 3.59. The van der Waals surface area contributed by atoms with Crippen LogP contribution in [-0.2, 0) is 9.53 Å². The summed E-state index contributed by atoms with van der Waals surface area (Å²) in [5.74, 6) is 0.149.